The Morgan fingerprint density at radius 1 is 0.841 bits per heavy atom. The summed E-state index contributed by atoms with van der Waals surface area (Å²) in [5.41, 5.74) is 7.57. The molecule has 0 fully saturated rings. The molecule has 238 valence electrons. The fraction of sp³-hybridized carbons (Fsp3) is 0.400. The Kier molecular flexibility index (Phi) is 24.3. The van der Waals surface area contributed by atoms with Crippen molar-refractivity contribution in [2.75, 3.05) is 21.3 Å². The number of carbonyl (C=O) groups excluding carboxylic acids is 5. The zero-order valence-electron chi connectivity index (χ0n) is 25.4. The van der Waals surface area contributed by atoms with Gasteiger partial charge in [-0.05, 0) is 31.0 Å². The summed E-state index contributed by atoms with van der Waals surface area (Å²) in [6.07, 6.45) is 1.85. The van der Waals surface area contributed by atoms with Crippen LogP contribution in [0.25, 0.3) is 0 Å². The van der Waals surface area contributed by atoms with E-state index in [2.05, 4.69) is 20.1 Å². The zero-order valence-corrected chi connectivity index (χ0v) is 30.3. The van der Waals surface area contributed by atoms with Gasteiger partial charge >= 0.3 is 76.1 Å². The first kappa shape index (κ1) is 43.5. The second-order valence-corrected chi connectivity index (χ2v) is 9.27. The van der Waals surface area contributed by atoms with Crippen LogP contribution in [0.5, 0.6) is 0 Å². The molecule has 2 aromatic rings. The van der Waals surface area contributed by atoms with Gasteiger partial charge in [0, 0.05) is 14.3 Å². The minimum Gasteiger partial charge on any atom is -0.870 e. The molecule has 2 rings (SSSR count). The Morgan fingerprint density at radius 2 is 1.32 bits per heavy atom. The molecule has 0 aliphatic heterocycles. The quantitative estimate of drug-likeness (QED) is 0.109. The molecule has 6 N–H and O–H groups in total. The van der Waals surface area contributed by atoms with Crippen molar-refractivity contribution in [2.45, 2.75) is 50.2 Å². The van der Waals surface area contributed by atoms with Gasteiger partial charge in [-0.15, -0.1) is 5.92 Å². The number of likely N-dealkylation sites (N-methyl/N-ethyl adjacent to an activating group) is 1. The van der Waals surface area contributed by atoms with Gasteiger partial charge in [0.25, 0.3) is 0 Å². The van der Waals surface area contributed by atoms with Crippen LogP contribution in [0.4, 0.5) is 0 Å². The summed E-state index contributed by atoms with van der Waals surface area (Å²) in [5, 5.41) is 14.3. The number of aliphatic carboxylic acids is 1. The van der Waals surface area contributed by atoms with Crippen molar-refractivity contribution in [2.24, 2.45) is 11.7 Å². The second kappa shape index (κ2) is 24.6. The molecule has 0 unspecified atom stereocenters. The predicted octanol–water partition coefficient (Wildman–Crippen LogP) is -2.17. The number of nitrogens with two attached hydrogens (primary N) is 1. The number of carbonyl (C=O) groups is 5. The molecule has 0 aliphatic carbocycles. The van der Waals surface area contributed by atoms with E-state index >= 15 is 0 Å². The van der Waals surface area contributed by atoms with Crippen molar-refractivity contribution < 1.29 is 108 Å². The molecule has 14 heteroatoms. The SMILES string of the molecule is CN[C@@H](CC(=O)OC)C(=O)N[C@H](Cc1ccccc1)C(=O)O.COC(=O)C[C@@H]([C-]=O)CC(=O)[C@H](N)Cc1ccccc1.[2HH].[OH-].[Rb+]. The van der Waals surface area contributed by atoms with Crippen molar-refractivity contribution in [1.82, 2.24) is 10.6 Å². The molecule has 1 amide bonds. The van der Waals surface area contributed by atoms with E-state index in [0.717, 1.165) is 11.1 Å². The minimum absolute atomic E-state index is 0. The molecule has 13 nitrogen and oxygen atoms in total. The van der Waals surface area contributed by atoms with Gasteiger partial charge in [0.1, 0.15) is 11.8 Å². The average molecular weight is 690 g/mol. The standard InChI is InChI=1S/C15H20N2O5.C15H18NO4.H2O.Rb.H2/c1-16-11(9-13(18)22-2)14(19)17-12(15(20)21)8-10-6-4-3-5-7-10;1-20-15(19)9-12(10-17)8-14(18)13(16)7-11-5-3-2-4-6-11;;;/h3-7,11-12,16H,8-9H2,1-2H3,(H,17,19)(H,20,21);2-6,12-13H,7-9,16H2,1H3;1H2;;1H/q;-1;;+1;/p-1/t11-,12+;12-,13+;;;/m00.../s1/i;;;;1+1. The number of amides is 1. The van der Waals surface area contributed by atoms with Crippen LogP contribution in [0.3, 0.4) is 0 Å². The van der Waals surface area contributed by atoms with Crippen LogP contribution in [0.2, 0.25) is 0 Å². The molecule has 44 heavy (non-hydrogen) atoms. The van der Waals surface area contributed by atoms with E-state index < -0.39 is 47.9 Å². The molecule has 0 aromatic heterocycles. The summed E-state index contributed by atoms with van der Waals surface area (Å²) < 4.78 is 8.97. The van der Waals surface area contributed by atoms with Crippen LogP contribution in [0.15, 0.2) is 60.7 Å². The number of ketones is 1. The maximum atomic E-state index is 12.1. The molecule has 0 saturated carbocycles. The Balaban J connectivity index is -0.000000738. The zero-order chi connectivity index (χ0) is 31.5. The van der Waals surface area contributed by atoms with Gasteiger partial charge in [-0.3, -0.25) is 25.5 Å². The smallest absolute Gasteiger partial charge is 0.870 e. The largest absolute Gasteiger partial charge is 1.00 e. The first-order valence-corrected chi connectivity index (χ1v) is 13.1. The van der Waals surface area contributed by atoms with Gasteiger partial charge in [-0.2, -0.15) is 0 Å². The average Bonchev–Trinajstić information content (AvgIpc) is 2.99. The Morgan fingerprint density at radius 3 is 1.75 bits per heavy atom. The van der Waals surface area contributed by atoms with Crippen LogP contribution in [0.1, 0.15) is 31.8 Å². The van der Waals surface area contributed by atoms with Gasteiger partial charge in [0.15, 0.2) is 0 Å². The van der Waals surface area contributed by atoms with E-state index in [1.54, 1.807) is 30.6 Å². The van der Waals surface area contributed by atoms with Crippen LogP contribution in [0, 0.1) is 5.92 Å². The second-order valence-electron chi connectivity index (χ2n) is 9.27. The fourth-order valence-corrected chi connectivity index (χ4v) is 3.71. The van der Waals surface area contributed by atoms with E-state index in [9.17, 15) is 33.9 Å². The maximum Gasteiger partial charge on any atom is 1.00 e. The van der Waals surface area contributed by atoms with Gasteiger partial charge in [-0.25, -0.2) is 4.79 Å². The Labute approximate surface area is 307 Å². The molecule has 2 aromatic carbocycles. The fourth-order valence-electron chi connectivity index (χ4n) is 3.71. The molecular formula is C30H41N3O10Rb-. The molecule has 0 saturated heterocycles. The Bertz CT molecular complexity index is 1180. The van der Waals surface area contributed by atoms with Crippen LogP contribution >= 0.6 is 0 Å². The molecule has 0 radical (unpaired) electrons. The number of methoxy groups -OCH3 is 2. The molecule has 0 aliphatic rings. The van der Waals surface area contributed by atoms with Crippen LogP contribution < -0.4 is 74.6 Å². The Hall–Kier alpha value is -2.65. The number of carboxylic acids is 1. The number of rotatable bonds is 16. The molecule has 0 heterocycles. The van der Waals surface area contributed by atoms with Crippen molar-refractivity contribution in [3.63, 3.8) is 0 Å². The van der Waals surface area contributed by atoms with Gasteiger partial charge < -0.3 is 41.2 Å². The number of ether oxygens (including phenoxy) is 2. The van der Waals surface area contributed by atoms with Gasteiger partial charge in [0.2, 0.25) is 5.91 Å². The normalized spacial score (nSPS) is 12.5. The van der Waals surface area contributed by atoms with Crippen molar-refractivity contribution in [3.8, 4) is 0 Å². The summed E-state index contributed by atoms with van der Waals surface area (Å²) in [6, 6.07) is 15.8. The maximum absolute atomic E-state index is 12.1. The van der Waals surface area contributed by atoms with E-state index in [4.69, 9.17) is 5.73 Å². The van der Waals surface area contributed by atoms with E-state index in [0.29, 0.717) is 6.42 Å². The summed E-state index contributed by atoms with van der Waals surface area (Å²) >= 11 is 0. The van der Waals surface area contributed by atoms with Crippen molar-refractivity contribution in [3.05, 3.63) is 71.8 Å². The third-order valence-electron chi connectivity index (χ3n) is 6.13. The van der Waals surface area contributed by atoms with Crippen molar-refractivity contribution >= 4 is 35.9 Å². The van der Waals surface area contributed by atoms with E-state index in [-0.39, 0.29) is 96.6 Å². The summed E-state index contributed by atoms with van der Waals surface area (Å²) in [4.78, 5) is 68.4. The van der Waals surface area contributed by atoms with Crippen molar-refractivity contribution in [1.29, 1.82) is 0 Å². The number of carboxylic acid groups (broad SMARTS) is 1. The number of nitrogens with one attached hydrogen (secondary N) is 2. The molecule has 0 spiro atoms. The summed E-state index contributed by atoms with van der Waals surface area (Å²) in [6.45, 7) is 0. The first-order chi connectivity index (χ1) is 20.0. The van der Waals surface area contributed by atoms with E-state index in [1.807, 2.05) is 36.4 Å². The number of benzene rings is 2. The monoisotopic (exact) mass is 689 g/mol. The third kappa shape index (κ3) is 17.6. The summed E-state index contributed by atoms with van der Waals surface area (Å²) in [5.74, 6) is -3.84. The number of Topliss-reactive ketones (excluding diaryl/α,β-unsaturated/α-hetero) is 1. The van der Waals surface area contributed by atoms with Crippen LogP contribution in [-0.2, 0) is 51.1 Å². The molecule has 0 bridgehead atoms. The molecular weight excluding hydrogens is 648 g/mol. The minimum atomic E-state index is -1.13. The summed E-state index contributed by atoms with van der Waals surface area (Å²) in [7, 11) is 3.97. The van der Waals surface area contributed by atoms with Gasteiger partial charge in [0.05, 0.1) is 32.7 Å². The number of hydrogen-bond acceptors (Lipinski definition) is 11. The van der Waals surface area contributed by atoms with E-state index in [1.165, 1.54) is 21.3 Å². The topological polar surface area (TPSA) is 221 Å². The first-order valence-electron chi connectivity index (χ1n) is 13.1. The van der Waals surface area contributed by atoms with Gasteiger partial charge in [-0.1, -0.05) is 60.7 Å². The number of esters is 2. The predicted molar refractivity (Wildman–Crippen MR) is 157 cm³/mol. The number of hydrogen-bond donors (Lipinski definition) is 4. The van der Waals surface area contributed by atoms with Crippen LogP contribution in [-0.4, -0.2) is 85.9 Å². The third-order valence-corrected chi connectivity index (χ3v) is 6.13. The molecule has 4 atom stereocenters.